The molecule has 3 fully saturated rings. The highest BCUT2D eigenvalue weighted by Gasteiger charge is 2.61. The summed E-state index contributed by atoms with van der Waals surface area (Å²) < 4.78 is 0. The van der Waals surface area contributed by atoms with Gasteiger partial charge in [0.25, 0.3) is 0 Å². The molecule has 0 nitrogen and oxygen atoms in total. The summed E-state index contributed by atoms with van der Waals surface area (Å²) in [4.78, 5) is 1.61. The van der Waals surface area contributed by atoms with Gasteiger partial charge in [0.05, 0.1) is 8.07 Å². The summed E-state index contributed by atoms with van der Waals surface area (Å²) in [5.74, 6) is 4.62. The van der Waals surface area contributed by atoms with Crippen LogP contribution in [-0.4, -0.2) is 13.3 Å². The number of rotatable bonds is 5. The standard InChI is InChI=1S/C38H48SSi/c1-23(2)30-22-33-34(26-14-9-7-10-15-26)25(4)39-36(33)38(30)40(5,6)37-24(3)20-31-32(37)21-28-18-13-19-29(28)35(31)27-16-11-8-12-17-27/h7-12,14-17,21,23-24,30-33,36-38H,13,18-20,22H2,1-6H3. The molecule has 0 spiro atoms. The molecule has 2 aromatic carbocycles. The molecule has 3 saturated carbocycles. The number of allylic oxidation sites excluding steroid dienone is 6. The Bertz CT molecular complexity index is 1360. The van der Waals surface area contributed by atoms with Crippen LogP contribution in [0.2, 0.25) is 24.2 Å². The van der Waals surface area contributed by atoms with E-state index < -0.39 is 8.07 Å². The van der Waals surface area contributed by atoms with Crippen molar-refractivity contribution in [1.29, 1.82) is 0 Å². The van der Waals surface area contributed by atoms with E-state index in [2.05, 4.69) is 119 Å². The molecule has 0 N–H and O–H groups in total. The zero-order valence-corrected chi connectivity index (χ0v) is 27.3. The van der Waals surface area contributed by atoms with E-state index >= 15 is 0 Å². The summed E-state index contributed by atoms with van der Waals surface area (Å²) in [5, 5.41) is 0.776. The number of thioether (sulfide) groups is 1. The summed E-state index contributed by atoms with van der Waals surface area (Å²) in [7, 11) is -1.67. The van der Waals surface area contributed by atoms with Gasteiger partial charge in [-0.25, -0.2) is 0 Å². The largest absolute Gasteiger partial charge is 0.127 e. The lowest BCUT2D eigenvalue weighted by molar-refractivity contribution is 0.378. The Hall–Kier alpha value is -1.77. The summed E-state index contributed by atoms with van der Waals surface area (Å²) >= 11 is 2.29. The Morgan fingerprint density at radius 2 is 1.45 bits per heavy atom. The SMILES string of the molecule is CC1=C(c2ccccc2)C2CC(C(C)C)C([Si](C)(C)C3C(C)CC4C(c5ccccc5)=C5CCCC5=CC43)C2S1. The predicted octanol–water partition coefficient (Wildman–Crippen LogP) is 11.1. The van der Waals surface area contributed by atoms with Crippen LogP contribution in [0.15, 0.2) is 82.8 Å². The lowest BCUT2D eigenvalue weighted by atomic mass is 9.76. The lowest BCUT2D eigenvalue weighted by Crippen LogP contribution is -2.47. The smallest absolute Gasteiger partial charge is 0.0559 e. The van der Waals surface area contributed by atoms with Crippen molar-refractivity contribution in [1.82, 2.24) is 0 Å². The Labute approximate surface area is 248 Å². The molecule has 1 aliphatic heterocycles. The van der Waals surface area contributed by atoms with Crippen molar-refractivity contribution in [2.45, 2.75) is 89.2 Å². The Balaban J connectivity index is 1.27. The van der Waals surface area contributed by atoms with Gasteiger partial charge < -0.3 is 0 Å². The van der Waals surface area contributed by atoms with Crippen molar-refractivity contribution in [3.8, 4) is 0 Å². The first-order valence-corrected chi connectivity index (χ1v) is 20.2. The van der Waals surface area contributed by atoms with Crippen molar-refractivity contribution < 1.29 is 0 Å². The Morgan fingerprint density at radius 3 is 2.10 bits per heavy atom. The van der Waals surface area contributed by atoms with Gasteiger partial charge in [0.1, 0.15) is 0 Å². The van der Waals surface area contributed by atoms with Gasteiger partial charge in [-0.05, 0) is 124 Å². The van der Waals surface area contributed by atoms with Crippen LogP contribution in [0, 0.1) is 35.5 Å². The fraction of sp³-hybridized carbons (Fsp3) is 0.526. The zero-order valence-electron chi connectivity index (χ0n) is 25.5. The molecule has 0 bridgehead atoms. The fourth-order valence-corrected chi connectivity index (χ4v) is 19.7. The van der Waals surface area contributed by atoms with Crippen LogP contribution in [0.5, 0.6) is 0 Å². The molecule has 40 heavy (non-hydrogen) atoms. The quantitative estimate of drug-likeness (QED) is 0.325. The van der Waals surface area contributed by atoms with Crippen molar-refractivity contribution in [2.75, 3.05) is 0 Å². The molecule has 2 heteroatoms. The van der Waals surface area contributed by atoms with Crippen LogP contribution < -0.4 is 0 Å². The molecule has 0 saturated heterocycles. The first-order chi connectivity index (χ1) is 19.3. The average Bonchev–Trinajstić information content (AvgIpc) is 3.69. The van der Waals surface area contributed by atoms with Crippen LogP contribution in [0.1, 0.15) is 70.9 Å². The van der Waals surface area contributed by atoms with Crippen molar-refractivity contribution >= 4 is 31.0 Å². The van der Waals surface area contributed by atoms with Gasteiger partial charge in [-0.3, -0.25) is 0 Å². The molecule has 8 atom stereocenters. The summed E-state index contributed by atoms with van der Waals surface area (Å²) in [5.41, 5.74) is 11.7. The Kier molecular flexibility index (Phi) is 6.90. The van der Waals surface area contributed by atoms with Crippen LogP contribution >= 0.6 is 11.8 Å². The highest BCUT2D eigenvalue weighted by Crippen LogP contribution is 2.69. The first kappa shape index (κ1) is 27.1. The third-order valence-corrected chi connectivity index (χ3v) is 18.9. The molecule has 0 amide bonds. The number of benzene rings is 2. The van der Waals surface area contributed by atoms with Crippen LogP contribution in [0.25, 0.3) is 11.1 Å². The Morgan fingerprint density at radius 1 is 0.800 bits per heavy atom. The number of hydrogen-bond acceptors (Lipinski definition) is 1. The molecule has 4 aliphatic carbocycles. The van der Waals surface area contributed by atoms with E-state index in [1.165, 1.54) is 43.2 Å². The first-order valence-electron chi connectivity index (χ1n) is 16.2. The monoisotopic (exact) mass is 564 g/mol. The van der Waals surface area contributed by atoms with Crippen LogP contribution in [0.3, 0.4) is 0 Å². The van der Waals surface area contributed by atoms with Gasteiger partial charge in [0, 0.05) is 5.25 Å². The normalized spacial score (nSPS) is 35.3. The van der Waals surface area contributed by atoms with E-state index in [0.717, 1.165) is 51.8 Å². The van der Waals surface area contributed by atoms with E-state index in [1.54, 1.807) is 27.2 Å². The van der Waals surface area contributed by atoms with E-state index in [0.29, 0.717) is 0 Å². The van der Waals surface area contributed by atoms with Crippen molar-refractivity contribution in [2.24, 2.45) is 35.5 Å². The number of hydrogen-bond donors (Lipinski definition) is 0. The summed E-state index contributed by atoms with van der Waals surface area (Å²) in [6.45, 7) is 15.9. The van der Waals surface area contributed by atoms with Gasteiger partial charge >= 0.3 is 0 Å². The molecule has 2 aromatic rings. The minimum absolute atomic E-state index is 0.719. The molecule has 8 unspecified atom stereocenters. The predicted molar refractivity (Wildman–Crippen MR) is 178 cm³/mol. The van der Waals surface area contributed by atoms with Crippen LogP contribution in [-0.2, 0) is 0 Å². The molecular formula is C38H48SSi. The maximum Gasteiger partial charge on any atom is 0.0559 e. The second kappa shape index (κ2) is 10.2. The van der Waals surface area contributed by atoms with E-state index in [1.807, 2.05) is 0 Å². The van der Waals surface area contributed by atoms with Gasteiger partial charge in [-0.1, -0.05) is 101 Å². The second-order valence-corrected chi connectivity index (χ2v) is 21.1. The van der Waals surface area contributed by atoms with Gasteiger partial charge in [0.15, 0.2) is 0 Å². The third kappa shape index (κ3) is 4.14. The van der Waals surface area contributed by atoms with Crippen LogP contribution in [0.4, 0.5) is 0 Å². The van der Waals surface area contributed by atoms with Crippen molar-refractivity contribution in [3.05, 3.63) is 93.9 Å². The van der Waals surface area contributed by atoms with Gasteiger partial charge in [0.2, 0.25) is 0 Å². The molecular weight excluding hydrogens is 517 g/mol. The van der Waals surface area contributed by atoms with Gasteiger partial charge in [-0.2, -0.15) is 0 Å². The minimum atomic E-state index is -1.67. The van der Waals surface area contributed by atoms with E-state index in [4.69, 9.17) is 0 Å². The number of fused-ring (bicyclic) bond motifs is 3. The maximum absolute atomic E-state index is 2.86. The average molecular weight is 565 g/mol. The molecule has 210 valence electrons. The van der Waals surface area contributed by atoms with E-state index in [-0.39, 0.29) is 0 Å². The zero-order chi connectivity index (χ0) is 27.8. The molecule has 0 radical (unpaired) electrons. The van der Waals surface area contributed by atoms with Crippen molar-refractivity contribution in [3.63, 3.8) is 0 Å². The molecule has 1 heterocycles. The maximum atomic E-state index is 2.86. The third-order valence-electron chi connectivity index (χ3n) is 12.0. The summed E-state index contributed by atoms with van der Waals surface area (Å²) in [6.07, 6.45) is 9.60. The topological polar surface area (TPSA) is 0 Å². The molecule has 0 aromatic heterocycles. The molecule has 7 rings (SSSR count). The highest BCUT2D eigenvalue weighted by molar-refractivity contribution is 8.04. The summed E-state index contributed by atoms with van der Waals surface area (Å²) in [6, 6.07) is 22.9. The fourth-order valence-electron chi connectivity index (χ4n) is 10.8. The van der Waals surface area contributed by atoms with Gasteiger partial charge in [-0.15, -0.1) is 11.8 Å². The second-order valence-electron chi connectivity index (χ2n) is 14.7. The molecule has 5 aliphatic rings. The minimum Gasteiger partial charge on any atom is -0.127 e. The lowest BCUT2D eigenvalue weighted by Gasteiger charge is -2.47. The highest BCUT2D eigenvalue weighted by atomic mass is 32.2. The van der Waals surface area contributed by atoms with E-state index in [9.17, 15) is 0 Å².